The second kappa shape index (κ2) is 4.08. The summed E-state index contributed by atoms with van der Waals surface area (Å²) < 4.78 is 1.96. The van der Waals surface area contributed by atoms with Crippen LogP contribution in [0.4, 0.5) is 0 Å². The monoisotopic (exact) mass is 215 g/mol. The maximum atomic E-state index is 4.40. The summed E-state index contributed by atoms with van der Waals surface area (Å²) in [6.07, 6.45) is 6.64. The summed E-state index contributed by atoms with van der Waals surface area (Å²) in [5, 5.41) is 0. The fourth-order valence-corrected chi connectivity index (χ4v) is 1.63. The Labute approximate surface area is 96.2 Å². The predicted molar refractivity (Wildman–Crippen MR) is 64.5 cm³/mol. The van der Waals surface area contributed by atoms with Crippen molar-refractivity contribution < 1.29 is 0 Å². The van der Waals surface area contributed by atoms with Crippen LogP contribution in [0.15, 0.2) is 36.9 Å². The van der Waals surface area contributed by atoms with Crippen molar-refractivity contribution in [3.05, 3.63) is 42.6 Å². The molecule has 84 valence electrons. The Hall–Kier alpha value is -1.64. The van der Waals surface area contributed by atoms with Gasteiger partial charge in [-0.2, -0.15) is 0 Å². The molecule has 0 spiro atoms. The van der Waals surface area contributed by atoms with E-state index < -0.39 is 0 Å². The third-order valence-corrected chi connectivity index (χ3v) is 2.26. The molecule has 16 heavy (non-hydrogen) atoms. The average Bonchev–Trinajstić information content (AvgIpc) is 2.65. The van der Waals surface area contributed by atoms with E-state index in [0.717, 1.165) is 17.9 Å². The van der Waals surface area contributed by atoms with E-state index in [1.165, 1.54) is 0 Å². The van der Waals surface area contributed by atoms with Crippen molar-refractivity contribution in [2.45, 2.75) is 27.2 Å². The van der Waals surface area contributed by atoms with Crippen LogP contribution >= 0.6 is 0 Å². The fraction of sp³-hybridized carbons (Fsp3) is 0.385. The van der Waals surface area contributed by atoms with E-state index in [4.69, 9.17) is 0 Å². The molecule has 2 aromatic heterocycles. The van der Waals surface area contributed by atoms with E-state index >= 15 is 0 Å². The van der Waals surface area contributed by atoms with Crippen molar-refractivity contribution >= 4 is 0 Å². The van der Waals surface area contributed by atoms with Gasteiger partial charge in [0.05, 0.1) is 5.69 Å². The molecule has 0 N–H and O–H groups in total. The lowest BCUT2D eigenvalue weighted by molar-refractivity contribution is 0.407. The number of nitrogens with zero attached hydrogens (tertiary/aromatic N) is 3. The SMILES string of the molecule is CC(C)(C)Cc1cn(-c2ccccn2)cn1. The molecule has 0 aliphatic carbocycles. The number of imidazole rings is 1. The Morgan fingerprint density at radius 1 is 1.19 bits per heavy atom. The summed E-state index contributed by atoms with van der Waals surface area (Å²) in [5.74, 6) is 0.912. The standard InChI is InChI=1S/C13H17N3/c1-13(2,3)8-11-9-16(10-15-11)12-6-4-5-7-14-12/h4-7,9-10H,8H2,1-3H3. The van der Waals surface area contributed by atoms with E-state index in [1.54, 1.807) is 6.20 Å². The topological polar surface area (TPSA) is 30.7 Å². The van der Waals surface area contributed by atoms with Gasteiger partial charge in [0.15, 0.2) is 0 Å². The molecule has 0 aliphatic rings. The van der Waals surface area contributed by atoms with Gasteiger partial charge in [0, 0.05) is 12.4 Å². The first-order valence-corrected chi connectivity index (χ1v) is 5.49. The van der Waals surface area contributed by atoms with Gasteiger partial charge in [-0.3, -0.25) is 4.57 Å². The molecular weight excluding hydrogens is 198 g/mol. The van der Waals surface area contributed by atoms with Gasteiger partial charge in [-0.05, 0) is 24.0 Å². The lowest BCUT2D eigenvalue weighted by Crippen LogP contribution is -2.09. The van der Waals surface area contributed by atoms with Crippen LogP contribution in [0.3, 0.4) is 0 Å². The molecule has 0 saturated carbocycles. The largest absolute Gasteiger partial charge is 0.290 e. The van der Waals surface area contributed by atoms with Gasteiger partial charge >= 0.3 is 0 Å². The highest BCUT2D eigenvalue weighted by Crippen LogP contribution is 2.19. The molecule has 0 aliphatic heterocycles. The predicted octanol–water partition coefficient (Wildman–Crippen LogP) is 2.86. The maximum absolute atomic E-state index is 4.40. The van der Waals surface area contributed by atoms with Crippen LogP contribution in [0.5, 0.6) is 0 Å². The molecule has 2 heterocycles. The maximum Gasteiger partial charge on any atom is 0.137 e. The van der Waals surface area contributed by atoms with E-state index in [-0.39, 0.29) is 5.41 Å². The fourth-order valence-electron chi connectivity index (χ4n) is 1.63. The molecule has 0 aromatic carbocycles. The highest BCUT2D eigenvalue weighted by atomic mass is 15.1. The first kappa shape index (κ1) is 10.9. The van der Waals surface area contributed by atoms with E-state index in [1.807, 2.05) is 35.3 Å². The van der Waals surface area contributed by atoms with Crippen molar-refractivity contribution in [1.82, 2.24) is 14.5 Å². The average molecular weight is 215 g/mol. The van der Waals surface area contributed by atoms with Crippen LogP contribution < -0.4 is 0 Å². The van der Waals surface area contributed by atoms with Gasteiger partial charge in [0.25, 0.3) is 0 Å². The molecule has 0 bridgehead atoms. The van der Waals surface area contributed by atoms with Crippen molar-refractivity contribution in [2.24, 2.45) is 5.41 Å². The Balaban J connectivity index is 2.21. The molecule has 2 aromatic rings. The number of rotatable bonds is 2. The molecule has 2 rings (SSSR count). The molecule has 0 amide bonds. The first-order chi connectivity index (χ1) is 7.54. The van der Waals surface area contributed by atoms with Crippen LogP contribution in [0, 0.1) is 5.41 Å². The highest BCUT2D eigenvalue weighted by molar-refractivity contribution is 5.22. The minimum atomic E-state index is 0.267. The third-order valence-electron chi connectivity index (χ3n) is 2.26. The summed E-state index contributed by atoms with van der Waals surface area (Å²) in [4.78, 5) is 8.68. The van der Waals surface area contributed by atoms with Crippen LogP contribution in [-0.4, -0.2) is 14.5 Å². The van der Waals surface area contributed by atoms with Gasteiger partial charge in [0.1, 0.15) is 12.1 Å². The minimum Gasteiger partial charge on any atom is -0.290 e. The van der Waals surface area contributed by atoms with Crippen LogP contribution in [0.1, 0.15) is 26.5 Å². The first-order valence-electron chi connectivity index (χ1n) is 5.49. The van der Waals surface area contributed by atoms with Gasteiger partial charge in [-0.25, -0.2) is 9.97 Å². The van der Waals surface area contributed by atoms with Gasteiger partial charge in [-0.15, -0.1) is 0 Å². The number of hydrogen-bond donors (Lipinski definition) is 0. The Morgan fingerprint density at radius 2 is 2.00 bits per heavy atom. The van der Waals surface area contributed by atoms with Crippen molar-refractivity contribution in [2.75, 3.05) is 0 Å². The molecule has 3 heteroatoms. The zero-order valence-electron chi connectivity index (χ0n) is 10.0. The second-order valence-electron chi connectivity index (χ2n) is 5.20. The summed E-state index contributed by atoms with van der Waals surface area (Å²) in [5.41, 5.74) is 1.38. The lowest BCUT2D eigenvalue weighted by Gasteiger charge is -2.15. The second-order valence-corrected chi connectivity index (χ2v) is 5.20. The zero-order chi connectivity index (χ0) is 11.6. The molecule has 0 atom stereocenters. The Bertz CT molecular complexity index is 452. The molecule has 3 nitrogen and oxygen atoms in total. The molecule has 0 radical (unpaired) electrons. The Morgan fingerprint density at radius 3 is 2.62 bits per heavy atom. The normalized spacial score (nSPS) is 11.7. The smallest absolute Gasteiger partial charge is 0.137 e. The Kier molecular flexibility index (Phi) is 2.77. The van der Waals surface area contributed by atoms with Crippen molar-refractivity contribution in [3.8, 4) is 5.82 Å². The van der Waals surface area contributed by atoms with Crippen LogP contribution in [0.25, 0.3) is 5.82 Å². The van der Waals surface area contributed by atoms with Gasteiger partial charge in [0.2, 0.25) is 0 Å². The quantitative estimate of drug-likeness (QED) is 0.771. The summed E-state index contributed by atoms with van der Waals surface area (Å²) in [6.45, 7) is 6.65. The van der Waals surface area contributed by atoms with Crippen molar-refractivity contribution in [1.29, 1.82) is 0 Å². The summed E-state index contributed by atoms with van der Waals surface area (Å²) >= 11 is 0. The molecule has 0 unspecified atom stereocenters. The number of pyridine rings is 1. The zero-order valence-corrected chi connectivity index (χ0v) is 10.0. The third kappa shape index (κ3) is 2.69. The van der Waals surface area contributed by atoms with Gasteiger partial charge < -0.3 is 0 Å². The number of hydrogen-bond acceptors (Lipinski definition) is 2. The molecule has 0 saturated heterocycles. The minimum absolute atomic E-state index is 0.267. The van der Waals surface area contributed by atoms with Crippen molar-refractivity contribution in [3.63, 3.8) is 0 Å². The van der Waals surface area contributed by atoms with E-state index in [9.17, 15) is 0 Å². The number of aromatic nitrogens is 3. The van der Waals surface area contributed by atoms with Crippen LogP contribution in [0.2, 0.25) is 0 Å². The van der Waals surface area contributed by atoms with Crippen LogP contribution in [-0.2, 0) is 6.42 Å². The van der Waals surface area contributed by atoms with Gasteiger partial charge in [-0.1, -0.05) is 26.8 Å². The van der Waals surface area contributed by atoms with E-state index in [0.29, 0.717) is 0 Å². The lowest BCUT2D eigenvalue weighted by atomic mass is 9.91. The molecular formula is C13H17N3. The summed E-state index contributed by atoms with van der Waals surface area (Å²) in [7, 11) is 0. The highest BCUT2D eigenvalue weighted by Gasteiger charge is 2.13. The van der Waals surface area contributed by atoms with E-state index in [2.05, 4.69) is 30.7 Å². The molecule has 0 fully saturated rings. The summed E-state index contributed by atoms with van der Waals surface area (Å²) in [6, 6.07) is 5.87.